The van der Waals surface area contributed by atoms with Gasteiger partial charge >= 0.3 is 0 Å². The van der Waals surface area contributed by atoms with E-state index < -0.39 is 5.91 Å². The molecule has 0 atom stereocenters. The SMILES string of the molecule is CCC(=O)NCc1cccc(-c2n[nH]c3ccc(C(N)=O)cc23)c1. The Morgan fingerprint density at radius 3 is 2.79 bits per heavy atom. The van der Waals surface area contributed by atoms with E-state index >= 15 is 0 Å². The van der Waals surface area contributed by atoms with Crippen molar-refractivity contribution in [2.24, 2.45) is 5.73 Å². The van der Waals surface area contributed by atoms with Gasteiger partial charge in [-0.05, 0) is 29.8 Å². The van der Waals surface area contributed by atoms with Crippen molar-refractivity contribution < 1.29 is 9.59 Å². The van der Waals surface area contributed by atoms with Crippen molar-refractivity contribution in [3.63, 3.8) is 0 Å². The van der Waals surface area contributed by atoms with Crippen molar-refractivity contribution in [3.8, 4) is 11.3 Å². The Bertz CT molecular complexity index is 914. The van der Waals surface area contributed by atoms with Gasteiger partial charge in [0, 0.05) is 29.5 Å². The maximum atomic E-state index is 11.4. The molecule has 24 heavy (non-hydrogen) atoms. The lowest BCUT2D eigenvalue weighted by atomic mass is 10.0. The van der Waals surface area contributed by atoms with E-state index in [1.807, 2.05) is 31.2 Å². The topological polar surface area (TPSA) is 101 Å². The lowest BCUT2D eigenvalue weighted by molar-refractivity contribution is -0.120. The van der Waals surface area contributed by atoms with Gasteiger partial charge in [-0.1, -0.05) is 25.1 Å². The molecule has 2 aromatic carbocycles. The minimum Gasteiger partial charge on any atom is -0.366 e. The van der Waals surface area contributed by atoms with Gasteiger partial charge in [-0.2, -0.15) is 5.10 Å². The first-order valence-electron chi connectivity index (χ1n) is 7.72. The Labute approximate surface area is 139 Å². The zero-order chi connectivity index (χ0) is 17.1. The van der Waals surface area contributed by atoms with Crippen LogP contribution in [-0.4, -0.2) is 22.0 Å². The van der Waals surface area contributed by atoms with Gasteiger partial charge in [0.05, 0.1) is 11.2 Å². The molecule has 6 heteroatoms. The average Bonchev–Trinajstić information content (AvgIpc) is 3.03. The zero-order valence-corrected chi connectivity index (χ0v) is 13.3. The largest absolute Gasteiger partial charge is 0.366 e. The van der Waals surface area contributed by atoms with Crippen LogP contribution in [-0.2, 0) is 11.3 Å². The average molecular weight is 322 g/mol. The number of amides is 2. The van der Waals surface area contributed by atoms with Crippen LogP contribution in [0.25, 0.3) is 22.2 Å². The van der Waals surface area contributed by atoms with Crippen molar-refractivity contribution in [2.75, 3.05) is 0 Å². The number of hydrogen-bond donors (Lipinski definition) is 3. The summed E-state index contributed by atoms with van der Waals surface area (Å²) in [6.45, 7) is 2.29. The molecule has 0 aliphatic rings. The van der Waals surface area contributed by atoms with E-state index in [-0.39, 0.29) is 5.91 Å². The van der Waals surface area contributed by atoms with Gasteiger partial charge in [0.2, 0.25) is 11.8 Å². The number of aromatic amines is 1. The number of carbonyl (C=O) groups is 2. The second-order valence-corrected chi connectivity index (χ2v) is 5.53. The fourth-order valence-corrected chi connectivity index (χ4v) is 2.54. The second-order valence-electron chi connectivity index (χ2n) is 5.53. The Kier molecular flexibility index (Phi) is 4.29. The van der Waals surface area contributed by atoms with Gasteiger partial charge in [-0.25, -0.2) is 0 Å². The molecule has 1 heterocycles. The molecule has 0 saturated heterocycles. The van der Waals surface area contributed by atoms with Crippen molar-refractivity contribution in [1.82, 2.24) is 15.5 Å². The number of nitrogens with zero attached hydrogens (tertiary/aromatic N) is 1. The molecule has 0 unspecified atom stereocenters. The smallest absolute Gasteiger partial charge is 0.248 e. The minimum absolute atomic E-state index is 0.0109. The molecule has 2 amide bonds. The third-order valence-electron chi connectivity index (χ3n) is 3.86. The zero-order valence-electron chi connectivity index (χ0n) is 13.3. The number of H-pyrrole nitrogens is 1. The maximum Gasteiger partial charge on any atom is 0.248 e. The fourth-order valence-electron chi connectivity index (χ4n) is 2.54. The predicted molar refractivity (Wildman–Crippen MR) is 92.2 cm³/mol. The molecule has 6 nitrogen and oxygen atoms in total. The standard InChI is InChI=1S/C18H18N4O2/c1-2-16(23)20-10-11-4-3-5-12(8-11)17-14-9-13(18(19)24)6-7-15(14)21-22-17/h3-9H,2,10H2,1H3,(H2,19,24)(H,20,23)(H,21,22). The summed E-state index contributed by atoms with van der Waals surface area (Å²) in [5.74, 6) is -0.461. The van der Waals surface area contributed by atoms with E-state index in [1.165, 1.54) is 0 Å². The second kappa shape index (κ2) is 6.54. The third-order valence-corrected chi connectivity index (χ3v) is 3.86. The lowest BCUT2D eigenvalue weighted by Crippen LogP contribution is -2.21. The normalized spacial score (nSPS) is 10.7. The molecule has 3 rings (SSSR count). The van der Waals surface area contributed by atoms with Crippen LogP contribution in [0.5, 0.6) is 0 Å². The molecule has 0 fully saturated rings. The molecule has 1 aromatic heterocycles. The van der Waals surface area contributed by atoms with Crippen molar-refractivity contribution in [3.05, 3.63) is 53.6 Å². The summed E-state index contributed by atoms with van der Waals surface area (Å²) >= 11 is 0. The summed E-state index contributed by atoms with van der Waals surface area (Å²) in [5.41, 5.74) is 9.27. The lowest BCUT2D eigenvalue weighted by Gasteiger charge is -2.06. The first-order chi connectivity index (χ1) is 11.6. The van der Waals surface area contributed by atoms with Crippen LogP contribution in [0.15, 0.2) is 42.5 Å². The van der Waals surface area contributed by atoms with E-state index in [1.54, 1.807) is 18.2 Å². The van der Waals surface area contributed by atoms with Gasteiger partial charge in [0.15, 0.2) is 0 Å². The van der Waals surface area contributed by atoms with Crippen molar-refractivity contribution in [2.45, 2.75) is 19.9 Å². The number of aromatic nitrogens is 2. The molecule has 122 valence electrons. The summed E-state index contributed by atoms with van der Waals surface area (Å²) in [6.07, 6.45) is 0.458. The third kappa shape index (κ3) is 3.12. The highest BCUT2D eigenvalue weighted by molar-refractivity contribution is 6.00. The van der Waals surface area contributed by atoms with Crippen LogP contribution in [0.3, 0.4) is 0 Å². The van der Waals surface area contributed by atoms with Crippen molar-refractivity contribution in [1.29, 1.82) is 0 Å². The quantitative estimate of drug-likeness (QED) is 0.672. The maximum absolute atomic E-state index is 11.4. The summed E-state index contributed by atoms with van der Waals surface area (Å²) in [4.78, 5) is 22.8. The molecule has 0 aliphatic heterocycles. The van der Waals surface area contributed by atoms with E-state index in [2.05, 4.69) is 15.5 Å². The highest BCUT2D eigenvalue weighted by Crippen LogP contribution is 2.27. The fraction of sp³-hybridized carbons (Fsp3) is 0.167. The number of nitrogens with one attached hydrogen (secondary N) is 2. The van der Waals surface area contributed by atoms with E-state index in [0.29, 0.717) is 18.5 Å². The number of fused-ring (bicyclic) bond motifs is 1. The number of nitrogens with two attached hydrogens (primary N) is 1. The summed E-state index contributed by atoms with van der Waals surface area (Å²) in [6, 6.07) is 13.0. The Balaban J connectivity index is 1.96. The van der Waals surface area contributed by atoms with Gasteiger partial charge in [-0.15, -0.1) is 0 Å². The van der Waals surface area contributed by atoms with Crippen LogP contribution in [0, 0.1) is 0 Å². The Morgan fingerprint density at radius 1 is 1.21 bits per heavy atom. The molecule has 0 aliphatic carbocycles. The van der Waals surface area contributed by atoms with Crippen LogP contribution in [0.2, 0.25) is 0 Å². The number of rotatable bonds is 5. The number of carbonyl (C=O) groups excluding carboxylic acids is 2. The van der Waals surface area contributed by atoms with E-state index in [0.717, 1.165) is 27.7 Å². The minimum atomic E-state index is -0.472. The Hall–Kier alpha value is -3.15. The van der Waals surface area contributed by atoms with E-state index in [9.17, 15) is 9.59 Å². The van der Waals surface area contributed by atoms with Crippen LogP contribution >= 0.6 is 0 Å². The number of benzene rings is 2. The molecular weight excluding hydrogens is 304 g/mol. The van der Waals surface area contributed by atoms with Gasteiger partial charge in [-0.3, -0.25) is 14.7 Å². The first kappa shape index (κ1) is 15.7. The van der Waals surface area contributed by atoms with Gasteiger partial charge < -0.3 is 11.1 Å². The summed E-state index contributed by atoms with van der Waals surface area (Å²) < 4.78 is 0. The number of primary amides is 1. The molecule has 3 aromatic rings. The summed E-state index contributed by atoms with van der Waals surface area (Å²) in [7, 11) is 0. The highest BCUT2D eigenvalue weighted by atomic mass is 16.1. The Morgan fingerprint density at radius 2 is 2.04 bits per heavy atom. The molecule has 0 spiro atoms. The molecule has 0 saturated carbocycles. The first-order valence-corrected chi connectivity index (χ1v) is 7.72. The van der Waals surface area contributed by atoms with Crippen LogP contribution in [0.4, 0.5) is 0 Å². The van der Waals surface area contributed by atoms with Gasteiger partial charge in [0.1, 0.15) is 0 Å². The molecule has 4 N–H and O–H groups in total. The van der Waals surface area contributed by atoms with E-state index in [4.69, 9.17) is 5.73 Å². The molecular formula is C18H18N4O2. The predicted octanol–water partition coefficient (Wildman–Crippen LogP) is 2.36. The molecule has 0 radical (unpaired) electrons. The monoisotopic (exact) mass is 322 g/mol. The molecule has 0 bridgehead atoms. The summed E-state index contributed by atoms with van der Waals surface area (Å²) in [5, 5.41) is 11.0. The van der Waals surface area contributed by atoms with Crippen molar-refractivity contribution >= 4 is 22.7 Å². The van der Waals surface area contributed by atoms with Crippen LogP contribution in [0.1, 0.15) is 29.3 Å². The number of hydrogen-bond acceptors (Lipinski definition) is 3. The van der Waals surface area contributed by atoms with Gasteiger partial charge in [0.25, 0.3) is 0 Å². The van der Waals surface area contributed by atoms with Crippen LogP contribution < -0.4 is 11.1 Å². The highest BCUT2D eigenvalue weighted by Gasteiger charge is 2.11.